The fourth-order valence-corrected chi connectivity index (χ4v) is 5.72. The summed E-state index contributed by atoms with van der Waals surface area (Å²) < 4.78 is 66.7. The standard InChI is InChI=1S/C20H24F3N3O3S2/c1-14(2)18(24-31(28,29)17-7-4-12-30-17)19(27)26-10-8-25(9-11-26)16-6-3-5-15(13-16)20(21,22)23/h3-7,12-14,18,24H,8-11H2,1-2H3. The van der Waals surface area contributed by atoms with Gasteiger partial charge in [0.2, 0.25) is 5.91 Å². The number of sulfonamides is 1. The number of hydrogen-bond donors (Lipinski definition) is 1. The molecule has 1 aliphatic heterocycles. The van der Waals surface area contributed by atoms with Crippen molar-refractivity contribution in [2.45, 2.75) is 30.3 Å². The molecule has 2 aromatic rings. The Kier molecular flexibility index (Phi) is 6.97. The summed E-state index contributed by atoms with van der Waals surface area (Å²) in [6.07, 6.45) is -4.42. The summed E-state index contributed by atoms with van der Waals surface area (Å²) in [6, 6.07) is 7.27. The predicted molar refractivity (Wildman–Crippen MR) is 114 cm³/mol. The molecule has 1 N–H and O–H groups in total. The molecule has 2 heterocycles. The number of benzene rings is 1. The molecule has 1 amide bonds. The third kappa shape index (κ3) is 5.58. The van der Waals surface area contributed by atoms with Gasteiger partial charge in [0.15, 0.2) is 0 Å². The fraction of sp³-hybridized carbons (Fsp3) is 0.450. The van der Waals surface area contributed by atoms with Gasteiger partial charge in [-0.2, -0.15) is 17.9 Å². The number of piperazine rings is 1. The Bertz CT molecular complexity index is 1000. The molecule has 170 valence electrons. The van der Waals surface area contributed by atoms with Crippen LogP contribution in [0.4, 0.5) is 18.9 Å². The van der Waals surface area contributed by atoms with Crippen LogP contribution in [0.5, 0.6) is 0 Å². The normalized spacial score (nSPS) is 16.6. The minimum Gasteiger partial charge on any atom is -0.368 e. The number of amides is 1. The molecular formula is C20H24F3N3O3S2. The molecule has 1 fully saturated rings. The maximum atomic E-state index is 13.1. The van der Waals surface area contributed by atoms with E-state index in [-0.39, 0.29) is 16.0 Å². The van der Waals surface area contributed by atoms with E-state index >= 15 is 0 Å². The Morgan fingerprint density at radius 2 is 1.77 bits per heavy atom. The zero-order valence-electron chi connectivity index (χ0n) is 17.1. The molecule has 1 aliphatic rings. The summed E-state index contributed by atoms with van der Waals surface area (Å²) >= 11 is 1.07. The number of nitrogens with one attached hydrogen (secondary N) is 1. The van der Waals surface area contributed by atoms with E-state index in [1.165, 1.54) is 12.1 Å². The Balaban J connectivity index is 1.67. The highest BCUT2D eigenvalue weighted by Gasteiger charge is 2.34. The number of carbonyl (C=O) groups is 1. The van der Waals surface area contributed by atoms with Crippen molar-refractivity contribution in [3.05, 3.63) is 47.3 Å². The monoisotopic (exact) mass is 475 g/mol. The molecule has 11 heteroatoms. The van der Waals surface area contributed by atoms with E-state index in [0.29, 0.717) is 31.9 Å². The molecular weight excluding hydrogens is 451 g/mol. The molecule has 0 bridgehead atoms. The predicted octanol–water partition coefficient (Wildman–Crippen LogP) is 3.42. The highest BCUT2D eigenvalue weighted by Crippen LogP contribution is 2.32. The van der Waals surface area contributed by atoms with Crippen molar-refractivity contribution in [3.63, 3.8) is 0 Å². The molecule has 31 heavy (non-hydrogen) atoms. The Labute approximate surface area is 183 Å². The second-order valence-corrected chi connectivity index (χ2v) is 10.5. The molecule has 1 atom stereocenters. The summed E-state index contributed by atoms with van der Waals surface area (Å²) in [6.45, 7) is 4.82. The van der Waals surface area contributed by atoms with Crippen LogP contribution in [0.3, 0.4) is 0 Å². The fourth-order valence-electron chi connectivity index (χ4n) is 3.37. The first-order valence-corrected chi connectivity index (χ1v) is 12.1. The van der Waals surface area contributed by atoms with E-state index in [2.05, 4.69) is 4.72 Å². The Morgan fingerprint density at radius 1 is 1.10 bits per heavy atom. The Morgan fingerprint density at radius 3 is 2.32 bits per heavy atom. The molecule has 1 saturated heterocycles. The van der Waals surface area contributed by atoms with Crippen LogP contribution in [0.2, 0.25) is 0 Å². The number of anilines is 1. The van der Waals surface area contributed by atoms with Gasteiger partial charge in [-0.05, 0) is 35.6 Å². The lowest BCUT2D eigenvalue weighted by Crippen LogP contribution is -2.56. The van der Waals surface area contributed by atoms with Crippen molar-refractivity contribution < 1.29 is 26.4 Å². The molecule has 3 rings (SSSR count). The second-order valence-electron chi connectivity index (χ2n) is 7.64. The largest absolute Gasteiger partial charge is 0.416 e. The van der Waals surface area contributed by atoms with Crippen molar-refractivity contribution in [1.82, 2.24) is 9.62 Å². The zero-order valence-corrected chi connectivity index (χ0v) is 18.7. The van der Waals surface area contributed by atoms with Gasteiger partial charge in [-0.1, -0.05) is 26.0 Å². The number of carbonyl (C=O) groups excluding carboxylic acids is 1. The lowest BCUT2D eigenvalue weighted by molar-refractivity contribution is -0.137. The number of rotatable bonds is 6. The second kappa shape index (κ2) is 9.17. The third-order valence-corrected chi connectivity index (χ3v) is 7.94. The van der Waals surface area contributed by atoms with Gasteiger partial charge in [-0.25, -0.2) is 8.42 Å². The van der Waals surface area contributed by atoms with E-state index in [4.69, 9.17) is 0 Å². The molecule has 6 nitrogen and oxygen atoms in total. The summed E-state index contributed by atoms with van der Waals surface area (Å²) in [5.74, 6) is -0.609. The minimum atomic E-state index is -4.42. The number of halogens is 3. The van der Waals surface area contributed by atoms with Crippen LogP contribution in [0.15, 0.2) is 46.0 Å². The molecule has 0 radical (unpaired) electrons. The number of thiophene rings is 1. The van der Waals surface area contributed by atoms with Crippen molar-refractivity contribution in [3.8, 4) is 0 Å². The maximum absolute atomic E-state index is 13.1. The molecule has 1 aromatic carbocycles. The van der Waals surface area contributed by atoms with Crippen LogP contribution in [-0.2, 0) is 21.0 Å². The SMILES string of the molecule is CC(C)C(NS(=O)(=O)c1cccs1)C(=O)N1CCN(c2cccc(C(F)(F)F)c2)CC1. The number of nitrogens with zero attached hydrogens (tertiary/aromatic N) is 2. The van der Waals surface area contributed by atoms with E-state index < -0.39 is 27.8 Å². The lowest BCUT2D eigenvalue weighted by Gasteiger charge is -2.38. The molecule has 0 aliphatic carbocycles. The Hall–Kier alpha value is -2.11. The van der Waals surface area contributed by atoms with E-state index in [9.17, 15) is 26.4 Å². The van der Waals surface area contributed by atoms with Crippen LogP contribution in [0.1, 0.15) is 19.4 Å². The summed E-state index contributed by atoms with van der Waals surface area (Å²) in [5.41, 5.74) is -0.271. The minimum absolute atomic E-state index is 0.139. The number of hydrogen-bond acceptors (Lipinski definition) is 5. The molecule has 0 saturated carbocycles. The quantitative estimate of drug-likeness (QED) is 0.695. The van der Waals surface area contributed by atoms with Gasteiger partial charge in [0, 0.05) is 31.9 Å². The van der Waals surface area contributed by atoms with Crippen LogP contribution in [0, 0.1) is 5.92 Å². The van der Waals surface area contributed by atoms with E-state index in [1.54, 1.807) is 41.2 Å². The summed E-state index contributed by atoms with van der Waals surface area (Å²) in [7, 11) is -3.81. The van der Waals surface area contributed by atoms with Gasteiger partial charge in [-0.3, -0.25) is 4.79 Å². The van der Waals surface area contributed by atoms with E-state index in [0.717, 1.165) is 23.5 Å². The maximum Gasteiger partial charge on any atom is 0.416 e. The molecule has 0 spiro atoms. The van der Waals surface area contributed by atoms with Crippen molar-refractivity contribution >= 4 is 33.0 Å². The zero-order chi connectivity index (χ0) is 22.8. The van der Waals surface area contributed by atoms with Gasteiger partial charge in [0.05, 0.1) is 5.56 Å². The molecule has 1 unspecified atom stereocenters. The van der Waals surface area contributed by atoms with Crippen LogP contribution in [-0.4, -0.2) is 51.4 Å². The van der Waals surface area contributed by atoms with Crippen molar-refractivity contribution in [2.24, 2.45) is 5.92 Å². The average molecular weight is 476 g/mol. The third-order valence-electron chi connectivity index (χ3n) is 5.10. The van der Waals surface area contributed by atoms with Crippen LogP contribution < -0.4 is 9.62 Å². The van der Waals surface area contributed by atoms with Gasteiger partial charge in [0.25, 0.3) is 10.0 Å². The first-order chi connectivity index (χ1) is 14.5. The average Bonchev–Trinajstić information content (AvgIpc) is 3.27. The topological polar surface area (TPSA) is 69.7 Å². The molecule has 1 aromatic heterocycles. The number of alkyl halides is 3. The first-order valence-electron chi connectivity index (χ1n) is 9.76. The van der Waals surface area contributed by atoms with Gasteiger partial charge in [-0.15, -0.1) is 11.3 Å². The van der Waals surface area contributed by atoms with Gasteiger partial charge in [0.1, 0.15) is 10.3 Å². The highest BCUT2D eigenvalue weighted by molar-refractivity contribution is 7.91. The van der Waals surface area contributed by atoms with Crippen LogP contribution >= 0.6 is 11.3 Å². The van der Waals surface area contributed by atoms with Crippen molar-refractivity contribution in [1.29, 1.82) is 0 Å². The van der Waals surface area contributed by atoms with Crippen molar-refractivity contribution in [2.75, 3.05) is 31.1 Å². The van der Waals surface area contributed by atoms with Crippen LogP contribution in [0.25, 0.3) is 0 Å². The lowest BCUT2D eigenvalue weighted by atomic mass is 10.0. The summed E-state index contributed by atoms with van der Waals surface area (Å²) in [5, 5.41) is 1.65. The summed E-state index contributed by atoms with van der Waals surface area (Å²) in [4.78, 5) is 16.4. The first kappa shape index (κ1) is 23.6. The van der Waals surface area contributed by atoms with Gasteiger partial charge < -0.3 is 9.80 Å². The smallest absolute Gasteiger partial charge is 0.368 e. The van der Waals surface area contributed by atoms with Gasteiger partial charge >= 0.3 is 6.18 Å². The highest BCUT2D eigenvalue weighted by atomic mass is 32.2. The van der Waals surface area contributed by atoms with E-state index in [1.807, 2.05) is 0 Å².